The highest BCUT2D eigenvalue weighted by Crippen LogP contribution is 2.36. The van der Waals surface area contributed by atoms with Crippen LogP contribution in [-0.4, -0.2) is 16.8 Å². The van der Waals surface area contributed by atoms with Gasteiger partial charge in [0.1, 0.15) is 29.7 Å². The van der Waals surface area contributed by atoms with Crippen LogP contribution in [0.4, 0.5) is 4.39 Å². The van der Waals surface area contributed by atoms with Gasteiger partial charge in [-0.2, -0.15) is 0 Å². The van der Waals surface area contributed by atoms with E-state index < -0.39 is 0 Å². The third-order valence-electron chi connectivity index (χ3n) is 4.61. The summed E-state index contributed by atoms with van der Waals surface area (Å²) < 4.78 is 29.7. The van der Waals surface area contributed by atoms with Crippen molar-refractivity contribution in [3.8, 4) is 5.75 Å². The maximum absolute atomic E-state index is 13.0. The average Bonchev–Trinajstić information content (AvgIpc) is 3.16. The van der Waals surface area contributed by atoms with E-state index in [1.54, 1.807) is 30.5 Å². The number of benzene rings is 1. The second-order valence-electron chi connectivity index (χ2n) is 6.64. The van der Waals surface area contributed by atoms with Gasteiger partial charge in [0.2, 0.25) is 0 Å². The third-order valence-corrected chi connectivity index (χ3v) is 4.61. The Hall–Kier alpha value is -3.02. The Balaban J connectivity index is 1.44. The topological polar surface area (TPSA) is 55.8 Å². The normalized spacial score (nSPS) is 14.7. The van der Waals surface area contributed by atoms with Crippen LogP contribution in [0.3, 0.4) is 0 Å². The molecule has 0 bridgehead atoms. The Morgan fingerprint density at radius 1 is 1.22 bits per heavy atom. The van der Waals surface area contributed by atoms with E-state index in [2.05, 4.69) is 0 Å². The van der Waals surface area contributed by atoms with Gasteiger partial charge in [0.05, 0.1) is 12.3 Å². The molecule has 5 nitrogen and oxygen atoms in total. The summed E-state index contributed by atoms with van der Waals surface area (Å²) in [6, 6.07) is 12.9. The van der Waals surface area contributed by atoms with E-state index in [-0.39, 0.29) is 36.2 Å². The van der Waals surface area contributed by atoms with Gasteiger partial charge in [0.25, 0.3) is 5.91 Å². The first-order valence-electron chi connectivity index (χ1n) is 8.95. The minimum Gasteiger partial charge on any atom is -0.486 e. The number of hydrogen-bond acceptors (Lipinski definition) is 4. The van der Waals surface area contributed by atoms with Crippen molar-refractivity contribution in [1.29, 1.82) is 0 Å². The van der Waals surface area contributed by atoms with Gasteiger partial charge in [0, 0.05) is 6.04 Å². The van der Waals surface area contributed by atoms with Crippen molar-refractivity contribution in [2.75, 3.05) is 0 Å². The zero-order chi connectivity index (χ0) is 18.8. The van der Waals surface area contributed by atoms with Gasteiger partial charge in [0.15, 0.2) is 5.76 Å². The highest BCUT2D eigenvalue weighted by Gasteiger charge is 2.38. The molecule has 0 aliphatic heterocycles. The largest absolute Gasteiger partial charge is 0.486 e. The molecule has 1 atom stereocenters. The molecule has 1 fully saturated rings. The van der Waals surface area contributed by atoms with Crippen molar-refractivity contribution in [2.45, 2.75) is 38.5 Å². The predicted molar refractivity (Wildman–Crippen MR) is 95.8 cm³/mol. The Morgan fingerprint density at radius 3 is 2.67 bits per heavy atom. The molecule has 0 saturated heterocycles. The average molecular weight is 369 g/mol. The van der Waals surface area contributed by atoms with Gasteiger partial charge in [-0.3, -0.25) is 4.79 Å². The molecule has 1 aliphatic rings. The molecule has 2 aromatic heterocycles. The van der Waals surface area contributed by atoms with Crippen molar-refractivity contribution in [3.05, 3.63) is 77.9 Å². The highest BCUT2D eigenvalue weighted by molar-refractivity contribution is 5.92. The molecule has 1 saturated carbocycles. The molecule has 6 heteroatoms. The molecule has 1 aromatic carbocycles. The molecule has 1 amide bonds. The number of furan rings is 2. The van der Waals surface area contributed by atoms with E-state index in [1.807, 2.05) is 24.0 Å². The van der Waals surface area contributed by atoms with Crippen molar-refractivity contribution >= 4 is 5.91 Å². The Kier molecular flexibility index (Phi) is 4.71. The number of carbonyl (C=O) groups excluding carboxylic acids is 1. The lowest BCUT2D eigenvalue weighted by Crippen LogP contribution is -2.35. The van der Waals surface area contributed by atoms with Gasteiger partial charge < -0.3 is 18.5 Å². The van der Waals surface area contributed by atoms with Gasteiger partial charge in [-0.15, -0.1) is 0 Å². The summed E-state index contributed by atoms with van der Waals surface area (Å²) in [4.78, 5) is 14.8. The first kappa shape index (κ1) is 17.4. The summed E-state index contributed by atoms with van der Waals surface area (Å²) in [7, 11) is 0. The molecular formula is C21H20FNO4. The number of ether oxygens (including phenoxy) is 1. The van der Waals surface area contributed by atoms with Crippen LogP contribution in [0.15, 0.2) is 63.6 Å². The molecule has 2 heterocycles. The molecule has 27 heavy (non-hydrogen) atoms. The molecule has 4 rings (SSSR count). The standard InChI is InChI=1S/C21H20FNO4/c1-14(19-3-2-12-25-19)23(16-6-7-16)21(24)20-11-10-18(27-20)13-26-17-8-4-15(22)5-9-17/h2-5,8-12,14,16H,6-7,13H2,1H3. The van der Waals surface area contributed by atoms with Crippen molar-refractivity contribution < 1.29 is 22.8 Å². The first-order valence-corrected chi connectivity index (χ1v) is 8.95. The van der Waals surface area contributed by atoms with E-state index in [9.17, 15) is 9.18 Å². The van der Waals surface area contributed by atoms with Crippen LogP contribution < -0.4 is 4.74 Å². The quantitative estimate of drug-likeness (QED) is 0.591. The van der Waals surface area contributed by atoms with Crippen LogP contribution in [-0.2, 0) is 6.61 Å². The van der Waals surface area contributed by atoms with E-state index in [4.69, 9.17) is 13.6 Å². The summed E-state index contributed by atoms with van der Waals surface area (Å²) in [6.45, 7) is 2.12. The number of carbonyl (C=O) groups is 1. The predicted octanol–water partition coefficient (Wildman–Crippen LogP) is 4.96. The highest BCUT2D eigenvalue weighted by atomic mass is 19.1. The summed E-state index contributed by atoms with van der Waals surface area (Å²) in [6.07, 6.45) is 3.58. The number of nitrogens with zero attached hydrogens (tertiary/aromatic N) is 1. The molecular weight excluding hydrogens is 349 g/mol. The summed E-state index contributed by atoms with van der Waals surface area (Å²) >= 11 is 0. The molecule has 1 unspecified atom stereocenters. The molecule has 1 aliphatic carbocycles. The van der Waals surface area contributed by atoms with Crippen molar-refractivity contribution in [2.24, 2.45) is 0 Å². The summed E-state index contributed by atoms with van der Waals surface area (Å²) in [5, 5.41) is 0. The fourth-order valence-electron chi connectivity index (χ4n) is 3.06. The lowest BCUT2D eigenvalue weighted by molar-refractivity contribution is 0.0616. The zero-order valence-corrected chi connectivity index (χ0v) is 14.9. The second kappa shape index (κ2) is 7.31. The smallest absolute Gasteiger partial charge is 0.290 e. The van der Waals surface area contributed by atoms with Gasteiger partial charge in [-0.05, 0) is 68.3 Å². The number of hydrogen-bond donors (Lipinski definition) is 0. The van der Waals surface area contributed by atoms with Crippen molar-refractivity contribution in [1.82, 2.24) is 4.90 Å². The second-order valence-corrected chi connectivity index (χ2v) is 6.64. The van der Waals surface area contributed by atoms with E-state index in [1.165, 1.54) is 12.1 Å². The fraction of sp³-hybridized carbons (Fsp3) is 0.286. The zero-order valence-electron chi connectivity index (χ0n) is 14.9. The first-order chi connectivity index (χ1) is 13.1. The monoisotopic (exact) mass is 369 g/mol. The van der Waals surface area contributed by atoms with Crippen LogP contribution in [0, 0.1) is 5.82 Å². The number of rotatable bonds is 7. The maximum Gasteiger partial charge on any atom is 0.290 e. The van der Waals surface area contributed by atoms with Gasteiger partial charge in [-0.25, -0.2) is 4.39 Å². The minimum absolute atomic E-state index is 0.158. The van der Waals surface area contributed by atoms with E-state index in [0.29, 0.717) is 11.5 Å². The molecule has 140 valence electrons. The Labute approximate surface area is 156 Å². The maximum atomic E-state index is 13.0. The van der Waals surface area contributed by atoms with Crippen LogP contribution in [0.1, 0.15) is 47.9 Å². The summed E-state index contributed by atoms with van der Waals surface area (Å²) in [5.41, 5.74) is 0. The Bertz CT molecular complexity index is 897. The van der Waals surface area contributed by atoms with Crippen LogP contribution in [0.25, 0.3) is 0 Å². The van der Waals surface area contributed by atoms with E-state index in [0.717, 1.165) is 18.6 Å². The lowest BCUT2D eigenvalue weighted by atomic mass is 10.2. The molecule has 3 aromatic rings. The fourth-order valence-corrected chi connectivity index (χ4v) is 3.06. The van der Waals surface area contributed by atoms with Crippen LogP contribution >= 0.6 is 0 Å². The molecule has 0 spiro atoms. The SMILES string of the molecule is CC(c1ccco1)N(C(=O)c1ccc(COc2ccc(F)cc2)o1)C1CC1. The molecule has 0 radical (unpaired) electrons. The van der Waals surface area contributed by atoms with Gasteiger partial charge >= 0.3 is 0 Å². The van der Waals surface area contributed by atoms with Crippen molar-refractivity contribution in [3.63, 3.8) is 0 Å². The third kappa shape index (κ3) is 3.89. The number of halogens is 1. The lowest BCUT2D eigenvalue weighted by Gasteiger charge is -2.27. The van der Waals surface area contributed by atoms with Gasteiger partial charge in [-0.1, -0.05) is 0 Å². The number of amides is 1. The molecule has 0 N–H and O–H groups in total. The van der Waals surface area contributed by atoms with Crippen LogP contribution in [0.5, 0.6) is 5.75 Å². The minimum atomic E-state index is -0.320. The van der Waals surface area contributed by atoms with Crippen LogP contribution in [0.2, 0.25) is 0 Å². The summed E-state index contributed by atoms with van der Waals surface area (Å²) in [5.74, 6) is 1.61. The Morgan fingerprint density at radius 2 is 2.00 bits per heavy atom. The van der Waals surface area contributed by atoms with E-state index >= 15 is 0 Å².